The maximum Gasteiger partial charge on any atom is 0.224 e. The van der Waals surface area contributed by atoms with Crippen molar-refractivity contribution in [2.45, 2.75) is 25.7 Å². The van der Waals surface area contributed by atoms with Gasteiger partial charge in [-0.15, -0.1) is 0 Å². The summed E-state index contributed by atoms with van der Waals surface area (Å²) in [5.41, 5.74) is 3.59. The maximum atomic E-state index is 11.3. The van der Waals surface area contributed by atoms with Gasteiger partial charge in [0, 0.05) is 12.1 Å². The van der Waals surface area contributed by atoms with Crippen molar-refractivity contribution in [3.63, 3.8) is 0 Å². The number of amides is 1. The number of carbonyl (C=O) groups excluding carboxylic acids is 1. The molecule has 0 saturated carbocycles. The number of rotatable bonds is 6. The number of fused-ring (bicyclic) bond motifs is 1. The van der Waals surface area contributed by atoms with Crippen LogP contribution in [-0.4, -0.2) is 24.7 Å². The van der Waals surface area contributed by atoms with Gasteiger partial charge in [0.1, 0.15) is 0 Å². The van der Waals surface area contributed by atoms with Crippen molar-refractivity contribution in [1.82, 2.24) is 5.32 Å². The molecule has 98 valence electrons. The molecule has 0 saturated heterocycles. The van der Waals surface area contributed by atoms with Gasteiger partial charge in [0.25, 0.3) is 0 Å². The highest BCUT2D eigenvalue weighted by Crippen LogP contribution is 2.23. The summed E-state index contributed by atoms with van der Waals surface area (Å²) < 4.78 is 0. The van der Waals surface area contributed by atoms with Crippen LogP contribution in [0.2, 0.25) is 0 Å². The molecule has 4 heteroatoms. The molecule has 2 rings (SSSR count). The fourth-order valence-corrected chi connectivity index (χ4v) is 2.31. The van der Waals surface area contributed by atoms with Gasteiger partial charge in [0.2, 0.25) is 5.91 Å². The molecule has 1 amide bonds. The minimum atomic E-state index is 0.128. The third kappa shape index (κ3) is 3.75. The van der Waals surface area contributed by atoms with Crippen LogP contribution in [0.1, 0.15) is 24.0 Å². The van der Waals surface area contributed by atoms with E-state index in [1.807, 2.05) is 6.07 Å². The average molecular weight is 264 g/mol. The number of nitrogens with one attached hydrogen (secondary N) is 2. The van der Waals surface area contributed by atoms with Crippen LogP contribution in [0, 0.1) is 0 Å². The summed E-state index contributed by atoms with van der Waals surface area (Å²) >= 11 is 4.18. The van der Waals surface area contributed by atoms with E-state index in [9.17, 15) is 4.79 Å². The van der Waals surface area contributed by atoms with Crippen LogP contribution in [-0.2, 0) is 17.6 Å². The maximum absolute atomic E-state index is 11.3. The SMILES string of the molecule is O=C1CCc2cc(CCNCCCS)ccc2N1. The summed E-state index contributed by atoms with van der Waals surface area (Å²) in [6.45, 7) is 2.03. The lowest BCUT2D eigenvalue weighted by Gasteiger charge is -2.17. The zero-order chi connectivity index (χ0) is 12.8. The topological polar surface area (TPSA) is 41.1 Å². The van der Waals surface area contributed by atoms with Crippen LogP contribution in [0.15, 0.2) is 18.2 Å². The molecule has 1 aromatic rings. The summed E-state index contributed by atoms with van der Waals surface area (Å²) in [4.78, 5) is 11.3. The standard InChI is InChI=1S/C14H20N2OS/c17-14-5-3-12-10-11(2-4-13(12)16-14)6-8-15-7-1-9-18/h2,4,10,15,18H,1,3,5-9H2,(H,16,17). The first-order chi connectivity index (χ1) is 8.79. The van der Waals surface area contributed by atoms with Crippen molar-refractivity contribution in [2.24, 2.45) is 0 Å². The fraction of sp³-hybridized carbons (Fsp3) is 0.500. The number of aryl methyl sites for hydroxylation is 1. The van der Waals surface area contributed by atoms with Crippen molar-refractivity contribution in [3.8, 4) is 0 Å². The van der Waals surface area contributed by atoms with E-state index in [0.717, 1.165) is 43.8 Å². The van der Waals surface area contributed by atoms with Gasteiger partial charge in [-0.25, -0.2) is 0 Å². The molecule has 0 aromatic heterocycles. The van der Waals surface area contributed by atoms with Crippen LogP contribution in [0.4, 0.5) is 5.69 Å². The van der Waals surface area contributed by atoms with E-state index >= 15 is 0 Å². The summed E-state index contributed by atoms with van der Waals surface area (Å²) in [5, 5.41) is 6.31. The Labute approximate surface area is 114 Å². The smallest absolute Gasteiger partial charge is 0.224 e. The molecule has 1 aromatic carbocycles. The number of hydrogen-bond donors (Lipinski definition) is 3. The zero-order valence-corrected chi connectivity index (χ0v) is 11.4. The van der Waals surface area contributed by atoms with Crippen molar-refractivity contribution in [3.05, 3.63) is 29.3 Å². The zero-order valence-electron chi connectivity index (χ0n) is 10.5. The Morgan fingerprint density at radius 1 is 1.28 bits per heavy atom. The van der Waals surface area contributed by atoms with E-state index in [0.29, 0.717) is 6.42 Å². The van der Waals surface area contributed by atoms with Crippen LogP contribution < -0.4 is 10.6 Å². The molecule has 0 fully saturated rings. The van der Waals surface area contributed by atoms with Crippen LogP contribution in [0.3, 0.4) is 0 Å². The lowest BCUT2D eigenvalue weighted by molar-refractivity contribution is -0.116. The molecule has 0 radical (unpaired) electrons. The second kappa shape index (κ2) is 6.81. The lowest BCUT2D eigenvalue weighted by atomic mass is 9.99. The Morgan fingerprint density at radius 2 is 2.17 bits per heavy atom. The number of benzene rings is 1. The highest BCUT2D eigenvalue weighted by atomic mass is 32.1. The predicted octanol–water partition coefficient (Wildman–Crippen LogP) is 2.02. The van der Waals surface area contributed by atoms with Gasteiger partial charge in [-0.3, -0.25) is 4.79 Å². The molecule has 1 heterocycles. The van der Waals surface area contributed by atoms with Crippen LogP contribution in [0.5, 0.6) is 0 Å². The lowest BCUT2D eigenvalue weighted by Crippen LogP contribution is -2.20. The quantitative estimate of drug-likeness (QED) is 0.543. The van der Waals surface area contributed by atoms with Gasteiger partial charge in [-0.1, -0.05) is 12.1 Å². The largest absolute Gasteiger partial charge is 0.326 e. The van der Waals surface area contributed by atoms with Gasteiger partial charge in [0.05, 0.1) is 0 Å². The van der Waals surface area contributed by atoms with Crippen LogP contribution in [0.25, 0.3) is 0 Å². The summed E-state index contributed by atoms with van der Waals surface area (Å²) in [6, 6.07) is 6.34. The van der Waals surface area contributed by atoms with Crippen molar-refractivity contribution in [1.29, 1.82) is 0 Å². The minimum Gasteiger partial charge on any atom is -0.326 e. The molecule has 2 N–H and O–H groups in total. The average Bonchev–Trinajstić information content (AvgIpc) is 2.38. The Balaban J connectivity index is 1.85. The Kier molecular flexibility index (Phi) is 5.08. The monoisotopic (exact) mass is 264 g/mol. The second-order valence-corrected chi connectivity index (χ2v) is 5.06. The first-order valence-electron chi connectivity index (χ1n) is 6.53. The molecule has 1 aliphatic heterocycles. The molecule has 18 heavy (non-hydrogen) atoms. The normalized spacial score (nSPS) is 14.2. The fourth-order valence-electron chi connectivity index (χ4n) is 2.15. The third-order valence-electron chi connectivity index (χ3n) is 3.17. The Morgan fingerprint density at radius 3 is 3.00 bits per heavy atom. The van der Waals surface area contributed by atoms with Gasteiger partial charge < -0.3 is 10.6 Å². The molecule has 3 nitrogen and oxygen atoms in total. The first kappa shape index (κ1) is 13.4. The Bertz CT molecular complexity index is 420. The van der Waals surface area contributed by atoms with E-state index in [4.69, 9.17) is 0 Å². The molecule has 0 bridgehead atoms. The van der Waals surface area contributed by atoms with Crippen LogP contribution >= 0.6 is 12.6 Å². The van der Waals surface area contributed by atoms with E-state index in [1.54, 1.807) is 0 Å². The second-order valence-electron chi connectivity index (χ2n) is 4.62. The minimum absolute atomic E-state index is 0.128. The van der Waals surface area contributed by atoms with Crippen molar-refractivity contribution >= 4 is 24.2 Å². The summed E-state index contributed by atoms with van der Waals surface area (Å²) in [7, 11) is 0. The number of anilines is 1. The summed E-state index contributed by atoms with van der Waals surface area (Å²) in [5.74, 6) is 1.06. The molecular formula is C14H20N2OS. The van der Waals surface area contributed by atoms with E-state index in [2.05, 4.69) is 35.4 Å². The molecule has 0 atom stereocenters. The van der Waals surface area contributed by atoms with Gasteiger partial charge >= 0.3 is 0 Å². The van der Waals surface area contributed by atoms with E-state index in [1.165, 1.54) is 11.1 Å². The molecule has 1 aliphatic rings. The molecule has 0 unspecified atom stereocenters. The molecule has 0 aliphatic carbocycles. The first-order valence-corrected chi connectivity index (χ1v) is 7.16. The van der Waals surface area contributed by atoms with Gasteiger partial charge in [-0.05, 0) is 55.3 Å². The summed E-state index contributed by atoms with van der Waals surface area (Å²) in [6.07, 6.45) is 3.62. The Hall–Kier alpha value is -1.00. The predicted molar refractivity (Wildman–Crippen MR) is 78.4 cm³/mol. The van der Waals surface area contributed by atoms with E-state index in [-0.39, 0.29) is 5.91 Å². The third-order valence-corrected chi connectivity index (χ3v) is 3.48. The number of carbonyl (C=O) groups is 1. The number of hydrogen-bond acceptors (Lipinski definition) is 3. The highest BCUT2D eigenvalue weighted by Gasteiger charge is 2.14. The van der Waals surface area contributed by atoms with Crippen molar-refractivity contribution in [2.75, 3.05) is 24.2 Å². The van der Waals surface area contributed by atoms with Crippen molar-refractivity contribution < 1.29 is 4.79 Å². The molecular weight excluding hydrogens is 244 g/mol. The highest BCUT2D eigenvalue weighted by molar-refractivity contribution is 7.80. The van der Waals surface area contributed by atoms with E-state index < -0.39 is 0 Å². The van der Waals surface area contributed by atoms with Gasteiger partial charge in [-0.2, -0.15) is 12.6 Å². The van der Waals surface area contributed by atoms with Gasteiger partial charge in [0.15, 0.2) is 0 Å². The number of thiol groups is 1. The molecule has 0 spiro atoms.